The molecule has 3 heterocycles. The maximum absolute atomic E-state index is 5.70. The van der Waals surface area contributed by atoms with Gasteiger partial charge in [0.05, 0.1) is 11.0 Å². The van der Waals surface area contributed by atoms with Crippen molar-refractivity contribution < 1.29 is 4.74 Å². The third-order valence-electron chi connectivity index (χ3n) is 3.36. The van der Waals surface area contributed by atoms with Gasteiger partial charge in [0.25, 0.3) is 0 Å². The summed E-state index contributed by atoms with van der Waals surface area (Å²) in [4.78, 5) is 12.7. The summed E-state index contributed by atoms with van der Waals surface area (Å²) in [5.41, 5.74) is 1.01. The molecule has 0 spiro atoms. The number of hydrogen-bond donors (Lipinski definition) is 0. The Labute approximate surface area is 123 Å². The largest absolute Gasteiger partial charge is 0.377 e. The van der Waals surface area contributed by atoms with Crippen LogP contribution in [0.25, 0.3) is 10.7 Å². The van der Waals surface area contributed by atoms with Gasteiger partial charge in [-0.3, -0.25) is 0 Å². The molecule has 106 valence electrons. The van der Waals surface area contributed by atoms with E-state index in [-0.39, 0.29) is 6.10 Å². The first-order chi connectivity index (χ1) is 9.72. The fraction of sp³-hybridized carbons (Fsp3) is 0.467. The maximum atomic E-state index is 5.70. The molecule has 0 unspecified atom stereocenters. The second-order valence-corrected chi connectivity index (χ2v) is 6.10. The molecule has 4 nitrogen and oxygen atoms in total. The molecular formula is C15H19N3OS. The van der Waals surface area contributed by atoms with Crippen LogP contribution in [0.3, 0.4) is 0 Å². The van der Waals surface area contributed by atoms with E-state index in [1.165, 1.54) is 0 Å². The normalized spacial score (nSPS) is 19.9. The average molecular weight is 289 g/mol. The molecule has 1 saturated heterocycles. The van der Waals surface area contributed by atoms with E-state index in [4.69, 9.17) is 9.72 Å². The van der Waals surface area contributed by atoms with Crippen molar-refractivity contribution in [1.29, 1.82) is 0 Å². The monoisotopic (exact) mass is 289 g/mol. The Bertz CT molecular complexity index is 571. The second kappa shape index (κ2) is 5.89. The quantitative estimate of drug-likeness (QED) is 0.851. The summed E-state index contributed by atoms with van der Waals surface area (Å²) < 4.78 is 5.70. The van der Waals surface area contributed by atoms with Gasteiger partial charge < -0.3 is 9.64 Å². The van der Waals surface area contributed by atoms with Crippen molar-refractivity contribution in [2.24, 2.45) is 0 Å². The highest BCUT2D eigenvalue weighted by Crippen LogP contribution is 2.24. The van der Waals surface area contributed by atoms with Crippen LogP contribution in [-0.4, -0.2) is 35.8 Å². The Kier molecular flexibility index (Phi) is 3.98. The van der Waals surface area contributed by atoms with Crippen LogP contribution >= 0.6 is 11.3 Å². The van der Waals surface area contributed by atoms with Gasteiger partial charge in [-0.05, 0) is 31.7 Å². The van der Waals surface area contributed by atoms with Crippen LogP contribution in [0.5, 0.6) is 0 Å². The van der Waals surface area contributed by atoms with Crippen LogP contribution in [0, 0.1) is 6.92 Å². The second-order valence-electron chi connectivity index (χ2n) is 5.15. The average Bonchev–Trinajstić information content (AvgIpc) is 2.87. The Morgan fingerprint density at radius 2 is 2.30 bits per heavy atom. The van der Waals surface area contributed by atoms with Crippen molar-refractivity contribution in [3.05, 3.63) is 29.3 Å². The molecule has 1 atom stereocenters. The number of thiophene rings is 1. The zero-order chi connectivity index (χ0) is 13.9. The smallest absolute Gasteiger partial charge is 0.171 e. The Balaban J connectivity index is 1.92. The van der Waals surface area contributed by atoms with Crippen LogP contribution < -0.4 is 4.90 Å². The number of rotatable bonds is 2. The summed E-state index contributed by atoms with van der Waals surface area (Å²) in [5, 5.41) is 2.06. The standard InChI is InChI=1S/C15H19N3OS/c1-11-9-14(18-6-4-7-19-12(2)10-18)17-15(16-11)13-5-3-8-20-13/h3,5,8-9,12H,4,6-7,10H2,1-2H3/t12-/m0/s1. The number of anilines is 1. The number of hydrogen-bond acceptors (Lipinski definition) is 5. The van der Waals surface area contributed by atoms with E-state index in [2.05, 4.69) is 34.3 Å². The molecule has 1 fully saturated rings. The van der Waals surface area contributed by atoms with Gasteiger partial charge in [-0.2, -0.15) is 0 Å². The van der Waals surface area contributed by atoms with Crippen LogP contribution in [0.15, 0.2) is 23.6 Å². The van der Waals surface area contributed by atoms with E-state index in [1.807, 2.05) is 13.0 Å². The molecule has 1 aliphatic rings. The molecule has 20 heavy (non-hydrogen) atoms. The zero-order valence-corrected chi connectivity index (χ0v) is 12.7. The van der Waals surface area contributed by atoms with Gasteiger partial charge in [-0.1, -0.05) is 6.07 Å². The number of nitrogens with zero attached hydrogens (tertiary/aromatic N) is 3. The van der Waals surface area contributed by atoms with Gasteiger partial charge in [0.1, 0.15) is 5.82 Å². The molecule has 0 aliphatic carbocycles. The van der Waals surface area contributed by atoms with Crippen molar-refractivity contribution in [2.75, 3.05) is 24.6 Å². The first kappa shape index (κ1) is 13.5. The van der Waals surface area contributed by atoms with Crippen LogP contribution in [-0.2, 0) is 4.74 Å². The van der Waals surface area contributed by atoms with Crippen LogP contribution in [0.4, 0.5) is 5.82 Å². The van der Waals surface area contributed by atoms with Crippen molar-refractivity contribution in [3.63, 3.8) is 0 Å². The number of aryl methyl sites for hydroxylation is 1. The molecule has 2 aromatic rings. The summed E-state index contributed by atoms with van der Waals surface area (Å²) in [6.45, 7) is 6.86. The van der Waals surface area contributed by atoms with Crippen molar-refractivity contribution in [2.45, 2.75) is 26.4 Å². The molecule has 0 radical (unpaired) electrons. The SMILES string of the molecule is Cc1cc(N2CCCO[C@@H](C)C2)nc(-c2cccs2)n1. The summed E-state index contributed by atoms with van der Waals surface area (Å²) in [7, 11) is 0. The third kappa shape index (κ3) is 2.99. The first-order valence-corrected chi connectivity index (χ1v) is 7.86. The topological polar surface area (TPSA) is 38.2 Å². The van der Waals surface area contributed by atoms with E-state index >= 15 is 0 Å². The highest BCUT2D eigenvalue weighted by molar-refractivity contribution is 7.13. The first-order valence-electron chi connectivity index (χ1n) is 6.98. The van der Waals surface area contributed by atoms with Crippen molar-refractivity contribution >= 4 is 17.2 Å². The molecule has 0 amide bonds. The lowest BCUT2D eigenvalue weighted by molar-refractivity contribution is 0.0820. The molecular weight excluding hydrogens is 270 g/mol. The highest BCUT2D eigenvalue weighted by Gasteiger charge is 2.18. The Morgan fingerprint density at radius 3 is 3.10 bits per heavy atom. The minimum absolute atomic E-state index is 0.248. The molecule has 0 saturated carbocycles. The summed E-state index contributed by atoms with van der Waals surface area (Å²) >= 11 is 1.68. The summed E-state index contributed by atoms with van der Waals surface area (Å²) in [5.74, 6) is 1.84. The Hall–Kier alpha value is -1.46. The van der Waals surface area contributed by atoms with Gasteiger partial charge in [0, 0.05) is 31.5 Å². The molecule has 2 aromatic heterocycles. The van der Waals surface area contributed by atoms with Gasteiger partial charge in [0.2, 0.25) is 0 Å². The lowest BCUT2D eigenvalue weighted by atomic mass is 10.3. The Morgan fingerprint density at radius 1 is 1.40 bits per heavy atom. The van der Waals surface area contributed by atoms with Gasteiger partial charge in [-0.15, -0.1) is 11.3 Å². The predicted molar refractivity (Wildman–Crippen MR) is 82.3 cm³/mol. The summed E-state index contributed by atoms with van der Waals surface area (Å²) in [6.07, 6.45) is 1.29. The van der Waals surface area contributed by atoms with Gasteiger partial charge in [-0.25, -0.2) is 9.97 Å². The molecule has 3 rings (SSSR count). The minimum atomic E-state index is 0.248. The number of ether oxygens (including phenoxy) is 1. The van der Waals surface area contributed by atoms with Gasteiger partial charge in [0.15, 0.2) is 5.82 Å². The minimum Gasteiger partial charge on any atom is -0.377 e. The highest BCUT2D eigenvalue weighted by atomic mass is 32.1. The molecule has 0 aromatic carbocycles. The van der Waals surface area contributed by atoms with Crippen LogP contribution in [0.1, 0.15) is 19.0 Å². The van der Waals surface area contributed by atoms with E-state index in [0.29, 0.717) is 0 Å². The molecule has 5 heteroatoms. The van der Waals surface area contributed by atoms with E-state index in [9.17, 15) is 0 Å². The van der Waals surface area contributed by atoms with Gasteiger partial charge >= 0.3 is 0 Å². The van der Waals surface area contributed by atoms with Crippen LogP contribution in [0.2, 0.25) is 0 Å². The predicted octanol–water partition coefficient (Wildman–Crippen LogP) is 3.13. The lowest BCUT2D eigenvalue weighted by Crippen LogP contribution is -2.31. The lowest BCUT2D eigenvalue weighted by Gasteiger charge is -2.23. The fourth-order valence-corrected chi connectivity index (χ4v) is 3.09. The van der Waals surface area contributed by atoms with E-state index in [1.54, 1.807) is 11.3 Å². The number of aromatic nitrogens is 2. The molecule has 0 N–H and O–H groups in total. The maximum Gasteiger partial charge on any atom is 0.171 e. The fourth-order valence-electron chi connectivity index (χ4n) is 2.43. The molecule has 0 bridgehead atoms. The zero-order valence-electron chi connectivity index (χ0n) is 11.9. The van der Waals surface area contributed by atoms with E-state index < -0.39 is 0 Å². The molecule has 1 aliphatic heterocycles. The third-order valence-corrected chi connectivity index (χ3v) is 4.22. The summed E-state index contributed by atoms with van der Waals surface area (Å²) in [6, 6.07) is 6.17. The van der Waals surface area contributed by atoms with Crippen molar-refractivity contribution in [3.8, 4) is 10.7 Å². The van der Waals surface area contributed by atoms with Crippen molar-refractivity contribution in [1.82, 2.24) is 9.97 Å². The van der Waals surface area contributed by atoms with E-state index in [0.717, 1.165) is 48.3 Å².